The van der Waals surface area contributed by atoms with E-state index in [0.717, 1.165) is 46.6 Å². The standard InChI is InChI=1S/C32H39N3O5S/c1-5-14-35(15-6-2)23-11-10-20-16-22(9-8-21(20)17-23)27-13-12-26(41-27)19(4)24(18-33)31(38)34-28-30(37)29(36)25(7-3)40-32(28)39/h8-13,16-17,25,28-30,32,36-37,39H,5-7,14-15H2,1-4H3,(H,34,38)/b24-19+/t25-,28-,29-,30-,32?/m1/s1. The molecule has 1 aromatic heterocycles. The number of rotatable bonds is 10. The molecule has 2 aromatic carbocycles. The van der Waals surface area contributed by atoms with Crippen molar-refractivity contribution in [3.8, 4) is 16.5 Å². The molecule has 1 amide bonds. The minimum Gasteiger partial charge on any atom is -0.388 e. The third kappa shape index (κ3) is 6.64. The number of hydrogen-bond donors (Lipinski definition) is 4. The zero-order valence-electron chi connectivity index (χ0n) is 24.0. The predicted molar refractivity (Wildman–Crippen MR) is 163 cm³/mol. The number of benzene rings is 2. The van der Waals surface area contributed by atoms with Crippen LogP contribution < -0.4 is 10.2 Å². The van der Waals surface area contributed by atoms with Crippen LogP contribution in [0.3, 0.4) is 0 Å². The van der Waals surface area contributed by atoms with E-state index in [1.54, 1.807) is 13.8 Å². The molecule has 218 valence electrons. The third-order valence-electron chi connectivity index (χ3n) is 7.57. The fraction of sp³-hybridized carbons (Fsp3) is 0.438. The van der Waals surface area contributed by atoms with Crippen molar-refractivity contribution >= 4 is 39.3 Å². The van der Waals surface area contributed by atoms with Gasteiger partial charge in [0.15, 0.2) is 6.29 Å². The molecule has 0 radical (unpaired) electrons. The summed E-state index contributed by atoms with van der Waals surface area (Å²) in [6.45, 7) is 9.90. The Kier molecular flexibility index (Phi) is 10.2. The number of nitrogens with zero attached hydrogens (tertiary/aromatic N) is 2. The molecular formula is C32H39N3O5S. The molecule has 0 aliphatic carbocycles. The Bertz CT molecular complexity index is 1440. The summed E-state index contributed by atoms with van der Waals surface area (Å²) in [7, 11) is 0. The fourth-order valence-corrected chi connectivity index (χ4v) is 6.29. The van der Waals surface area contributed by atoms with Gasteiger partial charge in [-0.25, -0.2) is 0 Å². The SMILES string of the molecule is CCCN(CCC)c1ccc2cc(-c3ccc(/C(C)=C(\C#N)C(=O)N[C@H]4C(O)O[C@H](CC)[C@@H](O)[C@@H]4O)s3)ccc2c1. The first-order valence-corrected chi connectivity index (χ1v) is 15.0. The normalized spacial score (nSPS) is 23.1. The molecule has 2 heterocycles. The van der Waals surface area contributed by atoms with Crippen LogP contribution in [0.4, 0.5) is 5.69 Å². The summed E-state index contributed by atoms with van der Waals surface area (Å²) in [6, 6.07) is 17.5. The van der Waals surface area contributed by atoms with Crippen LogP contribution >= 0.6 is 11.3 Å². The summed E-state index contributed by atoms with van der Waals surface area (Å²) < 4.78 is 5.34. The number of nitrogens with one attached hydrogen (secondary N) is 1. The molecule has 0 bridgehead atoms. The molecule has 1 fully saturated rings. The first-order valence-electron chi connectivity index (χ1n) is 14.2. The van der Waals surface area contributed by atoms with Gasteiger partial charge in [-0.15, -0.1) is 11.3 Å². The summed E-state index contributed by atoms with van der Waals surface area (Å²) >= 11 is 1.48. The maximum atomic E-state index is 13.0. The van der Waals surface area contributed by atoms with Gasteiger partial charge in [-0.05, 0) is 78.4 Å². The van der Waals surface area contributed by atoms with Gasteiger partial charge in [-0.3, -0.25) is 4.79 Å². The summed E-state index contributed by atoms with van der Waals surface area (Å²) in [4.78, 5) is 17.2. The van der Waals surface area contributed by atoms with Crippen molar-refractivity contribution in [2.45, 2.75) is 77.6 Å². The molecule has 0 saturated carbocycles. The Morgan fingerprint density at radius 3 is 2.34 bits per heavy atom. The second-order valence-corrected chi connectivity index (χ2v) is 11.5. The highest BCUT2D eigenvalue weighted by atomic mass is 32.1. The quantitative estimate of drug-likeness (QED) is 0.201. The number of carbonyl (C=O) groups excluding carboxylic acids is 1. The van der Waals surface area contributed by atoms with Crippen LogP contribution in [0.1, 0.15) is 51.8 Å². The largest absolute Gasteiger partial charge is 0.388 e. The number of aliphatic hydroxyl groups is 3. The molecule has 9 heteroatoms. The number of thiophene rings is 1. The number of amides is 1. The average Bonchev–Trinajstić information content (AvgIpc) is 3.47. The molecule has 4 N–H and O–H groups in total. The van der Waals surface area contributed by atoms with E-state index < -0.39 is 36.6 Å². The molecule has 1 saturated heterocycles. The fourth-order valence-electron chi connectivity index (χ4n) is 5.28. The predicted octanol–water partition coefficient (Wildman–Crippen LogP) is 4.83. The van der Waals surface area contributed by atoms with Crippen LogP contribution in [0, 0.1) is 11.3 Å². The first kappa shape index (κ1) is 30.7. The number of hydrogen-bond acceptors (Lipinski definition) is 8. The van der Waals surface area contributed by atoms with Crippen molar-refractivity contribution in [3.05, 3.63) is 59.0 Å². The molecule has 5 atom stereocenters. The van der Waals surface area contributed by atoms with E-state index in [1.807, 2.05) is 18.2 Å². The zero-order chi connectivity index (χ0) is 29.7. The second-order valence-electron chi connectivity index (χ2n) is 10.5. The smallest absolute Gasteiger partial charge is 0.262 e. The van der Waals surface area contributed by atoms with Gasteiger partial charge in [0.25, 0.3) is 5.91 Å². The van der Waals surface area contributed by atoms with E-state index in [4.69, 9.17) is 4.74 Å². The number of fused-ring (bicyclic) bond motifs is 1. The number of ether oxygens (including phenoxy) is 1. The number of allylic oxidation sites excluding steroid dienone is 1. The van der Waals surface area contributed by atoms with Crippen molar-refractivity contribution in [1.82, 2.24) is 5.32 Å². The lowest BCUT2D eigenvalue weighted by Crippen LogP contribution is -2.63. The van der Waals surface area contributed by atoms with Crippen LogP contribution in [0.25, 0.3) is 26.8 Å². The molecule has 4 rings (SSSR count). The summed E-state index contributed by atoms with van der Waals surface area (Å²) in [5.41, 5.74) is 2.61. The molecule has 1 aliphatic heterocycles. The van der Waals surface area contributed by atoms with Crippen LogP contribution in [0.5, 0.6) is 0 Å². The molecule has 8 nitrogen and oxygen atoms in total. The first-order chi connectivity index (χ1) is 19.7. The Hall–Kier alpha value is -3.26. The van der Waals surface area contributed by atoms with Crippen molar-refractivity contribution in [2.24, 2.45) is 0 Å². The molecule has 0 spiro atoms. The minimum absolute atomic E-state index is 0.139. The van der Waals surface area contributed by atoms with Gasteiger partial charge in [0.2, 0.25) is 0 Å². The van der Waals surface area contributed by atoms with Gasteiger partial charge in [0.05, 0.1) is 6.10 Å². The van der Waals surface area contributed by atoms with Gasteiger partial charge in [0, 0.05) is 28.5 Å². The van der Waals surface area contributed by atoms with E-state index in [1.165, 1.54) is 22.4 Å². The number of aliphatic hydroxyl groups excluding tert-OH is 3. The summed E-state index contributed by atoms with van der Waals surface area (Å²) in [5, 5.41) is 45.6. The highest BCUT2D eigenvalue weighted by molar-refractivity contribution is 7.16. The van der Waals surface area contributed by atoms with Gasteiger partial charge in [-0.1, -0.05) is 39.0 Å². The summed E-state index contributed by atoms with van der Waals surface area (Å²) in [6.07, 6.45) is -2.39. The minimum atomic E-state index is -1.51. The van der Waals surface area contributed by atoms with Crippen molar-refractivity contribution < 1.29 is 24.9 Å². The Morgan fingerprint density at radius 1 is 1.00 bits per heavy atom. The van der Waals surface area contributed by atoms with Gasteiger partial charge in [-0.2, -0.15) is 5.26 Å². The number of carbonyl (C=O) groups is 1. The molecule has 3 aromatic rings. The van der Waals surface area contributed by atoms with Crippen molar-refractivity contribution in [3.63, 3.8) is 0 Å². The van der Waals surface area contributed by atoms with Crippen LogP contribution in [-0.2, 0) is 9.53 Å². The third-order valence-corrected chi connectivity index (χ3v) is 8.82. The Labute approximate surface area is 245 Å². The maximum absolute atomic E-state index is 13.0. The van der Waals surface area contributed by atoms with Crippen molar-refractivity contribution in [2.75, 3.05) is 18.0 Å². The van der Waals surface area contributed by atoms with Gasteiger partial charge in [0.1, 0.15) is 29.9 Å². The van der Waals surface area contributed by atoms with E-state index in [-0.39, 0.29) is 5.57 Å². The number of anilines is 1. The van der Waals surface area contributed by atoms with E-state index in [2.05, 4.69) is 60.5 Å². The average molecular weight is 578 g/mol. The van der Waals surface area contributed by atoms with Gasteiger partial charge >= 0.3 is 0 Å². The van der Waals surface area contributed by atoms with E-state index in [9.17, 15) is 25.4 Å². The lowest BCUT2D eigenvalue weighted by molar-refractivity contribution is -0.247. The Morgan fingerprint density at radius 2 is 1.68 bits per heavy atom. The van der Waals surface area contributed by atoms with E-state index in [0.29, 0.717) is 12.0 Å². The summed E-state index contributed by atoms with van der Waals surface area (Å²) in [5.74, 6) is -0.754. The molecule has 41 heavy (non-hydrogen) atoms. The lowest BCUT2D eigenvalue weighted by Gasteiger charge is -2.40. The highest BCUT2D eigenvalue weighted by Crippen LogP contribution is 2.35. The molecule has 1 aliphatic rings. The van der Waals surface area contributed by atoms with Crippen LogP contribution in [0.2, 0.25) is 0 Å². The molecular weight excluding hydrogens is 538 g/mol. The monoisotopic (exact) mass is 577 g/mol. The highest BCUT2D eigenvalue weighted by Gasteiger charge is 2.44. The number of nitriles is 1. The van der Waals surface area contributed by atoms with Gasteiger partial charge < -0.3 is 30.3 Å². The lowest BCUT2D eigenvalue weighted by atomic mass is 9.95. The van der Waals surface area contributed by atoms with Crippen LogP contribution in [0.15, 0.2) is 54.1 Å². The Balaban J connectivity index is 1.54. The van der Waals surface area contributed by atoms with Crippen LogP contribution in [-0.4, -0.2) is 65.0 Å². The van der Waals surface area contributed by atoms with E-state index >= 15 is 0 Å². The topological polar surface area (TPSA) is 126 Å². The second kappa shape index (κ2) is 13.6. The zero-order valence-corrected chi connectivity index (χ0v) is 24.8. The maximum Gasteiger partial charge on any atom is 0.262 e. The molecule has 1 unspecified atom stereocenters. The van der Waals surface area contributed by atoms with Crippen molar-refractivity contribution in [1.29, 1.82) is 5.26 Å².